The first-order valence-corrected chi connectivity index (χ1v) is 12.2. The molecule has 4 heterocycles. The number of nitrogens with one attached hydrogen (secondary N) is 1. The fourth-order valence-corrected chi connectivity index (χ4v) is 5.38. The molecule has 1 N–H and O–H groups in total. The van der Waals surface area contributed by atoms with Crippen LogP contribution < -0.4 is 19.7 Å². The van der Waals surface area contributed by atoms with Crippen molar-refractivity contribution in [3.63, 3.8) is 0 Å². The molecule has 0 saturated carbocycles. The van der Waals surface area contributed by atoms with Crippen LogP contribution in [0.15, 0.2) is 67.0 Å². The first-order chi connectivity index (χ1) is 17.4. The molecule has 36 heavy (non-hydrogen) atoms. The van der Waals surface area contributed by atoms with E-state index in [0.717, 1.165) is 45.5 Å². The van der Waals surface area contributed by atoms with Crippen LogP contribution in [0, 0.1) is 20.8 Å². The molecule has 0 unspecified atom stereocenters. The Morgan fingerprint density at radius 2 is 1.72 bits per heavy atom. The lowest BCUT2D eigenvalue weighted by molar-refractivity contribution is 0.394. The lowest BCUT2D eigenvalue weighted by Crippen LogP contribution is -2.30. The monoisotopic (exact) mass is 499 g/mol. The predicted octanol–water partition coefficient (Wildman–Crippen LogP) is 5.39. The maximum Gasteiger partial charge on any atom is 0.174 e. The Morgan fingerprint density at radius 1 is 0.917 bits per heavy atom. The highest BCUT2D eigenvalue weighted by Gasteiger charge is 2.43. The predicted molar refractivity (Wildman–Crippen MR) is 145 cm³/mol. The Morgan fingerprint density at radius 3 is 2.42 bits per heavy atom. The summed E-state index contributed by atoms with van der Waals surface area (Å²) in [5.74, 6) is 2.32. The van der Waals surface area contributed by atoms with E-state index in [1.54, 1.807) is 14.2 Å². The number of hydrogen-bond acceptors (Lipinski definition) is 5. The molecular formula is C28H29N5O2S. The van der Waals surface area contributed by atoms with Gasteiger partial charge in [-0.3, -0.25) is 4.98 Å². The Hall–Kier alpha value is -3.91. The second-order valence-electron chi connectivity index (χ2n) is 8.84. The average molecular weight is 500 g/mol. The van der Waals surface area contributed by atoms with E-state index in [-0.39, 0.29) is 12.1 Å². The van der Waals surface area contributed by atoms with Gasteiger partial charge in [0.25, 0.3) is 0 Å². The molecule has 0 aliphatic carbocycles. The van der Waals surface area contributed by atoms with Crippen molar-refractivity contribution >= 4 is 23.0 Å². The first kappa shape index (κ1) is 23.8. The second-order valence-corrected chi connectivity index (χ2v) is 9.23. The lowest BCUT2D eigenvalue weighted by atomic mass is 9.96. The summed E-state index contributed by atoms with van der Waals surface area (Å²) in [4.78, 5) is 11.5. The van der Waals surface area contributed by atoms with Gasteiger partial charge >= 0.3 is 0 Å². The third-order valence-corrected chi connectivity index (χ3v) is 7.04. The van der Waals surface area contributed by atoms with Crippen molar-refractivity contribution < 1.29 is 9.47 Å². The maximum absolute atomic E-state index is 5.92. The zero-order valence-corrected chi connectivity index (χ0v) is 21.8. The molecule has 3 aromatic heterocycles. The molecule has 1 fully saturated rings. The molecule has 8 heteroatoms. The number of hydrogen-bond donors (Lipinski definition) is 1. The molecule has 0 spiro atoms. The highest BCUT2D eigenvalue weighted by atomic mass is 32.1. The van der Waals surface area contributed by atoms with Crippen molar-refractivity contribution in [2.24, 2.45) is 0 Å². The fraction of sp³-hybridized carbons (Fsp3) is 0.250. The Kier molecular flexibility index (Phi) is 6.36. The minimum atomic E-state index is -0.168. The number of pyridine rings is 2. The van der Waals surface area contributed by atoms with Crippen LogP contribution in [0.5, 0.6) is 11.5 Å². The van der Waals surface area contributed by atoms with Crippen LogP contribution in [0.1, 0.15) is 40.3 Å². The summed E-state index contributed by atoms with van der Waals surface area (Å²) in [5, 5.41) is 4.15. The van der Waals surface area contributed by atoms with E-state index in [1.165, 1.54) is 0 Å². The van der Waals surface area contributed by atoms with Gasteiger partial charge in [0.15, 0.2) is 5.11 Å². The van der Waals surface area contributed by atoms with Crippen LogP contribution in [-0.4, -0.2) is 33.9 Å². The van der Waals surface area contributed by atoms with Crippen LogP contribution in [-0.2, 0) is 0 Å². The van der Waals surface area contributed by atoms with Gasteiger partial charge in [-0.25, -0.2) is 4.98 Å². The number of methoxy groups -OCH3 is 2. The van der Waals surface area contributed by atoms with E-state index < -0.39 is 0 Å². The molecule has 0 amide bonds. The number of aryl methyl sites for hydroxylation is 2. The number of benzene rings is 1. The number of nitrogens with zero attached hydrogens (tertiary/aromatic N) is 4. The molecule has 7 nitrogen and oxygen atoms in total. The number of anilines is 1. The summed E-state index contributed by atoms with van der Waals surface area (Å²) in [6, 6.07) is 17.7. The highest BCUT2D eigenvalue weighted by molar-refractivity contribution is 7.80. The molecule has 0 bridgehead atoms. The van der Waals surface area contributed by atoms with Crippen LogP contribution in [0.3, 0.4) is 0 Å². The molecular weight excluding hydrogens is 470 g/mol. The average Bonchev–Trinajstić information content (AvgIpc) is 3.39. The zero-order chi connectivity index (χ0) is 25.4. The molecule has 1 aliphatic rings. The standard InChI is InChI=1S/C28H29N5O2S/c1-17-9-8-14-30-27(17)32-18(2)15-21(19(32)3)26-25(22-10-6-7-13-29-22)31-28(36)33(26)23-12-11-20(34-4)16-24(23)35-5/h6-16,25-26H,1-5H3,(H,31,36)/t25-,26-/m1/s1. The molecule has 0 radical (unpaired) electrons. The number of thiocarbonyl (C=S) groups is 1. The SMILES string of the molecule is COc1ccc(N2C(=S)N[C@H](c3ccccn3)[C@H]2c2cc(C)n(-c3ncccc3C)c2C)c(OC)c1. The lowest BCUT2D eigenvalue weighted by Gasteiger charge is -2.29. The molecule has 1 saturated heterocycles. The van der Waals surface area contributed by atoms with Crippen molar-refractivity contribution in [2.75, 3.05) is 19.1 Å². The number of ether oxygens (including phenoxy) is 2. The maximum atomic E-state index is 5.92. The van der Waals surface area contributed by atoms with Crippen LogP contribution >= 0.6 is 12.2 Å². The molecule has 4 aromatic rings. The Labute approximate surface area is 216 Å². The van der Waals surface area contributed by atoms with Gasteiger partial charge in [-0.2, -0.15) is 0 Å². The normalized spacial score (nSPS) is 17.2. The van der Waals surface area contributed by atoms with E-state index in [1.807, 2.05) is 54.9 Å². The molecule has 2 atom stereocenters. The van der Waals surface area contributed by atoms with Crippen molar-refractivity contribution in [1.82, 2.24) is 19.9 Å². The largest absolute Gasteiger partial charge is 0.497 e. The van der Waals surface area contributed by atoms with Crippen molar-refractivity contribution in [3.8, 4) is 17.3 Å². The third-order valence-electron chi connectivity index (χ3n) is 6.73. The second kappa shape index (κ2) is 9.62. The van der Waals surface area contributed by atoms with Crippen LogP contribution in [0.2, 0.25) is 0 Å². The third kappa shape index (κ3) is 3.97. The summed E-state index contributed by atoms with van der Waals surface area (Å²) in [5.41, 5.74) is 6.23. The number of aromatic nitrogens is 3. The van der Waals surface area contributed by atoms with Gasteiger partial charge in [-0.05, 0) is 80.5 Å². The van der Waals surface area contributed by atoms with E-state index in [9.17, 15) is 0 Å². The molecule has 1 aromatic carbocycles. The number of rotatable bonds is 6. The van der Waals surface area contributed by atoms with Crippen LogP contribution in [0.25, 0.3) is 5.82 Å². The van der Waals surface area contributed by atoms with E-state index >= 15 is 0 Å². The topological polar surface area (TPSA) is 64.4 Å². The van der Waals surface area contributed by atoms with Gasteiger partial charge in [-0.15, -0.1) is 0 Å². The molecule has 184 valence electrons. The van der Waals surface area contributed by atoms with E-state index in [0.29, 0.717) is 10.9 Å². The summed E-state index contributed by atoms with van der Waals surface area (Å²) in [7, 11) is 3.30. The summed E-state index contributed by atoms with van der Waals surface area (Å²) < 4.78 is 13.4. The summed E-state index contributed by atoms with van der Waals surface area (Å²) >= 11 is 5.92. The van der Waals surface area contributed by atoms with E-state index in [2.05, 4.69) is 57.7 Å². The van der Waals surface area contributed by atoms with Gasteiger partial charge in [0, 0.05) is 29.8 Å². The van der Waals surface area contributed by atoms with Gasteiger partial charge in [0.05, 0.1) is 37.7 Å². The first-order valence-electron chi connectivity index (χ1n) is 11.8. The highest BCUT2D eigenvalue weighted by Crippen LogP contribution is 2.46. The van der Waals surface area contributed by atoms with Gasteiger partial charge in [-0.1, -0.05) is 12.1 Å². The van der Waals surface area contributed by atoms with Crippen molar-refractivity contribution in [2.45, 2.75) is 32.9 Å². The minimum Gasteiger partial charge on any atom is -0.497 e. The van der Waals surface area contributed by atoms with Gasteiger partial charge in [0.2, 0.25) is 0 Å². The molecule has 5 rings (SSSR count). The van der Waals surface area contributed by atoms with E-state index in [4.69, 9.17) is 21.7 Å². The quantitative estimate of drug-likeness (QED) is 0.357. The smallest absolute Gasteiger partial charge is 0.174 e. The summed E-state index contributed by atoms with van der Waals surface area (Å²) in [6.07, 6.45) is 3.65. The molecule has 1 aliphatic heterocycles. The summed E-state index contributed by atoms with van der Waals surface area (Å²) in [6.45, 7) is 6.33. The van der Waals surface area contributed by atoms with Crippen molar-refractivity contribution in [1.29, 1.82) is 0 Å². The minimum absolute atomic E-state index is 0.163. The Balaban J connectivity index is 1.71. The van der Waals surface area contributed by atoms with Crippen molar-refractivity contribution in [3.05, 3.63) is 95.2 Å². The fourth-order valence-electron chi connectivity index (χ4n) is 5.04. The zero-order valence-electron chi connectivity index (χ0n) is 21.0. The van der Waals surface area contributed by atoms with Gasteiger partial charge in [0.1, 0.15) is 17.3 Å². The van der Waals surface area contributed by atoms with Gasteiger partial charge < -0.3 is 24.3 Å². The van der Waals surface area contributed by atoms with Crippen LogP contribution in [0.4, 0.5) is 5.69 Å². The Bertz CT molecular complexity index is 1420.